The summed E-state index contributed by atoms with van der Waals surface area (Å²) < 4.78 is 6.04. The summed E-state index contributed by atoms with van der Waals surface area (Å²) in [7, 11) is 0. The summed E-state index contributed by atoms with van der Waals surface area (Å²) in [5.74, 6) is 0. The maximum absolute atomic E-state index is 12.1. The molecule has 2 rings (SSSR count). The minimum Gasteiger partial charge on any atom is -0.394 e. The number of nitrogens with zero attached hydrogens (tertiary/aromatic N) is 2. The van der Waals surface area contributed by atoms with Gasteiger partial charge in [-0.3, -0.25) is 14.3 Å². The molecule has 5 atom stereocenters. The molecule has 0 bridgehead atoms. The number of aromatic amines is 1. The Labute approximate surface area is 145 Å². The van der Waals surface area contributed by atoms with Crippen LogP contribution in [0.4, 0.5) is 4.79 Å². The summed E-state index contributed by atoms with van der Waals surface area (Å²) in [4.78, 5) is 36.7. The van der Waals surface area contributed by atoms with Crippen molar-refractivity contribution < 1.29 is 30.0 Å². The number of nitrogens with two attached hydrogens (primary N) is 1. The molecule has 1 aromatic heterocycles. The number of urea groups is 1. The fourth-order valence-electron chi connectivity index (χ4n) is 2.44. The van der Waals surface area contributed by atoms with Gasteiger partial charge in [-0.2, -0.15) is 5.10 Å². The van der Waals surface area contributed by atoms with Crippen molar-refractivity contribution in [3.8, 4) is 0 Å². The third kappa shape index (κ3) is 3.81. The number of aliphatic hydroxyl groups excluding tert-OH is 4. The molecule has 1 aliphatic rings. The molecule has 0 aliphatic carbocycles. The number of hydrogen-bond donors (Lipinski definition) is 7. The molecule has 1 aliphatic heterocycles. The van der Waals surface area contributed by atoms with Gasteiger partial charge in [-0.15, -0.1) is 0 Å². The van der Waals surface area contributed by atoms with Crippen molar-refractivity contribution in [2.75, 3.05) is 6.61 Å². The van der Waals surface area contributed by atoms with Crippen LogP contribution in [0.5, 0.6) is 0 Å². The Morgan fingerprint density at radius 2 is 2.00 bits per heavy atom. The van der Waals surface area contributed by atoms with Gasteiger partial charge in [0.05, 0.1) is 17.9 Å². The van der Waals surface area contributed by atoms with E-state index in [1.165, 1.54) is 6.92 Å². The average molecular weight is 373 g/mol. The molecule has 8 N–H and O–H groups in total. The number of carbonyl (C=O) groups excluding carboxylic acids is 1. The van der Waals surface area contributed by atoms with Crippen LogP contribution in [-0.4, -0.2) is 72.7 Å². The molecular formula is C13H19N5O8. The van der Waals surface area contributed by atoms with Gasteiger partial charge in [0.2, 0.25) is 0 Å². The van der Waals surface area contributed by atoms with Crippen molar-refractivity contribution >= 4 is 11.7 Å². The highest BCUT2D eigenvalue weighted by Crippen LogP contribution is 2.27. The van der Waals surface area contributed by atoms with Crippen LogP contribution >= 0.6 is 0 Å². The fourth-order valence-corrected chi connectivity index (χ4v) is 2.44. The van der Waals surface area contributed by atoms with Crippen molar-refractivity contribution in [1.29, 1.82) is 0 Å². The fraction of sp³-hybridized carbons (Fsp3) is 0.538. The van der Waals surface area contributed by atoms with Crippen molar-refractivity contribution in [1.82, 2.24) is 15.0 Å². The standard InChI is InChI=1S/C13H19N5O8/c1-4(16-17-12(14)24)5-2-18(13(25)15-10(5)23)11-9(22)8(21)7(20)6(3-19)26-11/h2,6-9,11,19-22H,3H2,1H3,(H3,14,17,24)(H,15,23,25)/b16-4+. The molecule has 1 aromatic rings. The number of aromatic nitrogens is 2. The van der Waals surface area contributed by atoms with E-state index in [1.807, 2.05) is 10.4 Å². The van der Waals surface area contributed by atoms with E-state index < -0.39 is 54.5 Å². The molecule has 5 unspecified atom stereocenters. The van der Waals surface area contributed by atoms with Gasteiger partial charge in [0.25, 0.3) is 5.56 Å². The number of H-pyrrole nitrogens is 1. The monoisotopic (exact) mass is 373 g/mol. The van der Waals surface area contributed by atoms with Crippen LogP contribution in [0.15, 0.2) is 20.9 Å². The van der Waals surface area contributed by atoms with Gasteiger partial charge < -0.3 is 30.9 Å². The largest absolute Gasteiger partial charge is 0.394 e. The van der Waals surface area contributed by atoms with Crippen molar-refractivity contribution in [2.24, 2.45) is 10.8 Å². The molecule has 0 spiro atoms. The van der Waals surface area contributed by atoms with Crippen LogP contribution in [0.25, 0.3) is 0 Å². The molecule has 1 saturated heterocycles. The highest BCUT2D eigenvalue weighted by atomic mass is 16.6. The number of aliphatic hydroxyl groups is 4. The zero-order valence-corrected chi connectivity index (χ0v) is 13.6. The van der Waals surface area contributed by atoms with Crippen LogP contribution in [0.2, 0.25) is 0 Å². The highest BCUT2D eigenvalue weighted by Gasteiger charge is 2.44. The first kappa shape index (κ1) is 19.7. The number of nitrogens with one attached hydrogen (secondary N) is 2. The third-order valence-corrected chi connectivity index (χ3v) is 3.83. The van der Waals surface area contributed by atoms with Gasteiger partial charge in [-0.05, 0) is 6.92 Å². The Morgan fingerprint density at radius 3 is 2.58 bits per heavy atom. The lowest BCUT2D eigenvalue weighted by Gasteiger charge is -2.40. The lowest BCUT2D eigenvalue weighted by molar-refractivity contribution is -0.252. The van der Waals surface area contributed by atoms with E-state index in [1.54, 1.807) is 0 Å². The van der Waals surface area contributed by atoms with Crippen molar-refractivity contribution in [2.45, 2.75) is 37.6 Å². The van der Waals surface area contributed by atoms with Crippen LogP contribution in [-0.2, 0) is 4.74 Å². The molecular weight excluding hydrogens is 354 g/mol. The summed E-state index contributed by atoms with van der Waals surface area (Å²) in [6.07, 6.45) is -6.80. The molecule has 0 radical (unpaired) electrons. The minimum atomic E-state index is -1.73. The van der Waals surface area contributed by atoms with E-state index in [2.05, 4.69) is 5.10 Å². The number of carbonyl (C=O) groups is 1. The number of amides is 2. The molecule has 0 saturated carbocycles. The lowest BCUT2D eigenvalue weighted by atomic mass is 9.98. The number of hydrogen-bond acceptors (Lipinski definition) is 9. The zero-order chi connectivity index (χ0) is 19.6. The topological polar surface area (TPSA) is 212 Å². The second-order valence-electron chi connectivity index (χ2n) is 5.60. The van der Waals surface area contributed by atoms with Crippen LogP contribution in [0.3, 0.4) is 0 Å². The summed E-state index contributed by atoms with van der Waals surface area (Å²) in [6.45, 7) is 0.665. The van der Waals surface area contributed by atoms with Crippen molar-refractivity contribution in [3.63, 3.8) is 0 Å². The second kappa shape index (κ2) is 7.76. The van der Waals surface area contributed by atoms with Crippen LogP contribution in [0, 0.1) is 0 Å². The van der Waals surface area contributed by atoms with E-state index in [9.17, 15) is 34.8 Å². The number of rotatable bonds is 4. The Kier molecular flexibility index (Phi) is 5.89. The molecule has 13 heteroatoms. The average Bonchev–Trinajstić information content (AvgIpc) is 2.58. The first-order valence-electron chi connectivity index (χ1n) is 7.43. The SMILES string of the molecule is C/C(=N\NC(N)=O)c1cn(C2OC(CO)C(O)C(O)C2O)c(=O)[nH]c1=O. The van der Waals surface area contributed by atoms with E-state index in [4.69, 9.17) is 10.5 Å². The predicted octanol–water partition coefficient (Wildman–Crippen LogP) is -4.10. The first-order chi connectivity index (χ1) is 12.2. The minimum absolute atomic E-state index is 0.0107. The van der Waals surface area contributed by atoms with Crippen LogP contribution < -0.4 is 22.4 Å². The zero-order valence-electron chi connectivity index (χ0n) is 13.6. The molecule has 2 amide bonds. The molecule has 1 fully saturated rings. The van der Waals surface area contributed by atoms with E-state index in [0.717, 1.165) is 10.8 Å². The predicted molar refractivity (Wildman–Crippen MR) is 85.3 cm³/mol. The lowest BCUT2D eigenvalue weighted by Crippen LogP contribution is -2.58. The molecule has 2 heterocycles. The quantitative estimate of drug-likeness (QED) is 0.203. The number of primary amides is 1. The van der Waals surface area contributed by atoms with Gasteiger partial charge in [-0.1, -0.05) is 0 Å². The molecule has 144 valence electrons. The number of ether oxygens (including phenoxy) is 1. The van der Waals surface area contributed by atoms with Gasteiger partial charge in [0.1, 0.15) is 24.4 Å². The second-order valence-corrected chi connectivity index (χ2v) is 5.60. The Hall–Kier alpha value is -2.58. The summed E-state index contributed by atoms with van der Waals surface area (Å²) in [5, 5.41) is 42.5. The first-order valence-corrected chi connectivity index (χ1v) is 7.43. The number of hydrazone groups is 1. The summed E-state index contributed by atoms with van der Waals surface area (Å²) in [6, 6.07) is -0.969. The Morgan fingerprint density at radius 1 is 1.35 bits per heavy atom. The van der Waals surface area contributed by atoms with E-state index >= 15 is 0 Å². The van der Waals surface area contributed by atoms with Gasteiger partial charge in [0.15, 0.2) is 6.23 Å². The smallest absolute Gasteiger partial charge is 0.332 e. The maximum Gasteiger partial charge on any atom is 0.332 e. The summed E-state index contributed by atoms with van der Waals surface area (Å²) >= 11 is 0. The summed E-state index contributed by atoms with van der Waals surface area (Å²) in [5.41, 5.74) is 4.83. The Bertz CT molecular complexity index is 815. The van der Waals surface area contributed by atoms with E-state index in [0.29, 0.717) is 0 Å². The maximum atomic E-state index is 12.1. The van der Waals surface area contributed by atoms with Gasteiger partial charge in [0, 0.05) is 6.20 Å². The third-order valence-electron chi connectivity index (χ3n) is 3.83. The van der Waals surface area contributed by atoms with Crippen molar-refractivity contribution in [3.05, 3.63) is 32.6 Å². The van der Waals surface area contributed by atoms with Gasteiger partial charge in [-0.25, -0.2) is 15.0 Å². The van der Waals surface area contributed by atoms with E-state index in [-0.39, 0.29) is 11.3 Å². The highest BCUT2D eigenvalue weighted by molar-refractivity contribution is 5.98. The Balaban J connectivity index is 2.48. The molecule has 26 heavy (non-hydrogen) atoms. The normalized spacial score (nSPS) is 29.4. The van der Waals surface area contributed by atoms with Gasteiger partial charge >= 0.3 is 11.7 Å². The molecule has 0 aromatic carbocycles. The van der Waals surface area contributed by atoms with Crippen LogP contribution in [0.1, 0.15) is 18.7 Å². The molecule has 13 nitrogen and oxygen atoms in total.